The van der Waals surface area contributed by atoms with Crippen molar-refractivity contribution in [3.05, 3.63) is 18.2 Å². The molecule has 0 aromatic carbocycles. The summed E-state index contributed by atoms with van der Waals surface area (Å²) in [5.74, 6) is -0.351. The monoisotopic (exact) mass is 224 g/mol. The Morgan fingerprint density at radius 1 is 1.50 bits per heavy atom. The Hall–Kier alpha value is -1.72. The maximum absolute atomic E-state index is 12.6. The lowest BCUT2D eigenvalue weighted by Crippen LogP contribution is -2.29. The summed E-state index contributed by atoms with van der Waals surface area (Å²) in [5.41, 5.74) is 5.29. The average Bonchev–Trinajstić information content (AvgIpc) is 2.61. The van der Waals surface area contributed by atoms with Crippen molar-refractivity contribution in [2.45, 2.75) is 6.92 Å². The SMILES string of the molecule is C[C@@H]1CN(c2ncc(F)cn2)C[C@H]1C(N)=O. The molecule has 0 radical (unpaired) electrons. The number of nitrogens with zero attached hydrogens (tertiary/aromatic N) is 3. The molecule has 6 heteroatoms. The molecule has 0 aliphatic carbocycles. The zero-order valence-electron chi connectivity index (χ0n) is 8.93. The van der Waals surface area contributed by atoms with Crippen molar-refractivity contribution in [2.75, 3.05) is 18.0 Å². The highest BCUT2D eigenvalue weighted by Crippen LogP contribution is 2.25. The van der Waals surface area contributed by atoms with Gasteiger partial charge in [0.1, 0.15) is 0 Å². The van der Waals surface area contributed by atoms with Gasteiger partial charge >= 0.3 is 0 Å². The molecule has 86 valence electrons. The highest BCUT2D eigenvalue weighted by atomic mass is 19.1. The van der Waals surface area contributed by atoms with Gasteiger partial charge in [-0.2, -0.15) is 0 Å². The molecule has 16 heavy (non-hydrogen) atoms. The Kier molecular flexibility index (Phi) is 2.72. The van der Waals surface area contributed by atoms with Crippen molar-refractivity contribution in [3.8, 4) is 0 Å². The lowest BCUT2D eigenvalue weighted by atomic mass is 9.98. The van der Waals surface area contributed by atoms with Crippen LogP contribution in [0, 0.1) is 17.7 Å². The molecule has 1 aliphatic heterocycles. The second kappa shape index (κ2) is 4.03. The van der Waals surface area contributed by atoms with E-state index in [0.717, 1.165) is 12.4 Å². The molecule has 1 saturated heterocycles. The molecule has 5 nitrogen and oxygen atoms in total. The van der Waals surface area contributed by atoms with Gasteiger partial charge in [0.15, 0.2) is 5.82 Å². The zero-order chi connectivity index (χ0) is 11.7. The van der Waals surface area contributed by atoms with E-state index >= 15 is 0 Å². The number of anilines is 1. The molecule has 2 rings (SSSR count). The predicted octanol–water partition coefficient (Wildman–Crippen LogP) is 0.173. The number of carbonyl (C=O) groups excluding carboxylic acids is 1. The van der Waals surface area contributed by atoms with Gasteiger partial charge in [-0.3, -0.25) is 4.79 Å². The van der Waals surface area contributed by atoms with Crippen molar-refractivity contribution in [2.24, 2.45) is 17.6 Å². The Balaban J connectivity index is 2.13. The first-order valence-corrected chi connectivity index (χ1v) is 5.09. The van der Waals surface area contributed by atoms with Gasteiger partial charge in [0.2, 0.25) is 11.9 Å². The van der Waals surface area contributed by atoms with Crippen LogP contribution in [0.3, 0.4) is 0 Å². The number of carbonyl (C=O) groups is 1. The van der Waals surface area contributed by atoms with Gasteiger partial charge in [-0.1, -0.05) is 6.92 Å². The average molecular weight is 224 g/mol. The van der Waals surface area contributed by atoms with E-state index in [9.17, 15) is 9.18 Å². The smallest absolute Gasteiger partial charge is 0.225 e. The van der Waals surface area contributed by atoms with E-state index < -0.39 is 5.82 Å². The zero-order valence-corrected chi connectivity index (χ0v) is 8.93. The second-order valence-electron chi connectivity index (χ2n) is 4.09. The van der Waals surface area contributed by atoms with Crippen LogP contribution >= 0.6 is 0 Å². The molecular weight excluding hydrogens is 211 g/mol. The number of aromatic nitrogens is 2. The van der Waals surface area contributed by atoms with Crippen molar-refractivity contribution in [3.63, 3.8) is 0 Å². The number of halogens is 1. The Morgan fingerprint density at radius 2 is 2.12 bits per heavy atom. The standard InChI is InChI=1S/C10H13FN4O/c1-6-4-15(5-8(6)9(12)16)10-13-2-7(11)3-14-10/h2-3,6,8H,4-5H2,1H3,(H2,12,16)/t6-,8-/m1/s1. The van der Waals surface area contributed by atoms with E-state index in [1.807, 2.05) is 11.8 Å². The fourth-order valence-corrected chi connectivity index (χ4v) is 1.97. The molecule has 1 amide bonds. The van der Waals surface area contributed by atoms with Crippen LogP contribution in [0.4, 0.5) is 10.3 Å². The first kappa shape index (κ1) is 10.8. The molecule has 2 N–H and O–H groups in total. The van der Waals surface area contributed by atoms with Crippen LogP contribution in [0.2, 0.25) is 0 Å². The molecule has 1 aromatic heterocycles. The molecule has 2 heterocycles. The molecule has 0 saturated carbocycles. The van der Waals surface area contributed by atoms with Gasteiger partial charge < -0.3 is 10.6 Å². The Morgan fingerprint density at radius 3 is 2.62 bits per heavy atom. The fraction of sp³-hybridized carbons (Fsp3) is 0.500. The summed E-state index contributed by atoms with van der Waals surface area (Å²) in [5, 5.41) is 0. The minimum Gasteiger partial charge on any atom is -0.369 e. The summed E-state index contributed by atoms with van der Waals surface area (Å²) < 4.78 is 12.6. The van der Waals surface area contributed by atoms with E-state index in [1.165, 1.54) is 0 Å². The molecule has 1 fully saturated rings. The largest absolute Gasteiger partial charge is 0.369 e. The lowest BCUT2D eigenvalue weighted by molar-refractivity contribution is -0.122. The van der Waals surface area contributed by atoms with Gasteiger partial charge in [0.05, 0.1) is 18.3 Å². The summed E-state index contributed by atoms with van der Waals surface area (Å²) in [7, 11) is 0. The third-order valence-corrected chi connectivity index (χ3v) is 2.87. The third kappa shape index (κ3) is 1.95. The maximum atomic E-state index is 12.6. The number of hydrogen-bond acceptors (Lipinski definition) is 4. The van der Waals surface area contributed by atoms with Crippen molar-refractivity contribution >= 4 is 11.9 Å². The van der Waals surface area contributed by atoms with E-state index in [-0.39, 0.29) is 17.7 Å². The minimum absolute atomic E-state index is 0.172. The van der Waals surface area contributed by atoms with Crippen LogP contribution < -0.4 is 10.6 Å². The first-order chi connectivity index (χ1) is 7.58. The Labute approximate surface area is 92.5 Å². The van der Waals surface area contributed by atoms with Gasteiger partial charge in [-0.15, -0.1) is 0 Å². The topological polar surface area (TPSA) is 72.1 Å². The van der Waals surface area contributed by atoms with E-state index in [2.05, 4.69) is 9.97 Å². The molecule has 1 aliphatic rings. The summed E-state index contributed by atoms with van der Waals surface area (Å²) in [6.07, 6.45) is 2.23. The lowest BCUT2D eigenvalue weighted by Gasteiger charge is -2.14. The summed E-state index contributed by atoms with van der Waals surface area (Å²) in [6.45, 7) is 3.13. The van der Waals surface area contributed by atoms with Crippen molar-refractivity contribution in [1.29, 1.82) is 0 Å². The van der Waals surface area contributed by atoms with Crippen LogP contribution in [0.1, 0.15) is 6.92 Å². The van der Waals surface area contributed by atoms with Crippen LogP contribution in [-0.4, -0.2) is 29.0 Å². The predicted molar refractivity (Wildman–Crippen MR) is 56.1 cm³/mol. The van der Waals surface area contributed by atoms with Crippen LogP contribution in [0.15, 0.2) is 12.4 Å². The summed E-state index contributed by atoms with van der Waals surface area (Å²) in [6, 6.07) is 0. The van der Waals surface area contributed by atoms with Crippen LogP contribution in [-0.2, 0) is 4.79 Å². The van der Waals surface area contributed by atoms with Crippen molar-refractivity contribution < 1.29 is 9.18 Å². The van der Waals surface area contributed by atoms with E-state index in [1.54, 1.807) is 0 Å². The van der Waals surface area contributed by atoms with Crippen LogP contribution in [0.5, 0.6) is 0 Å². The maximum Gasteiger partial charge on any atom is 0.225 e. The molecule has 0 unspecified atom stereocenters. The quantitative estimate of drug-likeness (QED) is 0.777. The fourth-order valence-electron chi connectivity index (χ4n) is 1.97. The summed E-state index contributed by atoms with van der Waals surface area (Å²) >= 11 is 0. The van der Waals surface area contributed by atoms with Gasteiger partial charge in [-0.25, -0.2) is 14.4 Å². The summed E-state index contributed by atoms with van der Waals surface area (Å²) in [4.78, 5) is 20.7. The van der Waals surface area contributed by atoms with Gasteiger partial charge in [0, 0.05) is 13.1 Å². The second-order valence-corrected chi connectivity index (χ2v) is 4.09. The van der Waals surface area contributed by atoms with Crippen LogP contribution in [0.25, 0.3) is 0 Å². The number of rotatable bonds is 2. The molecule has 2 atom stereocenters. The number of hydrogen-bond donors (Lipinski definition) is 1. The van der Waals surface area contributed by atoms with Gasteiger partial charge in [-0.05, 0) is 5.92 Å². The minimum atomic E-state index is -0.470. The first-order valence-electron chi connectivity index (χ1n) is 5.09. The normalized spacial score (nSPS) is 24.8. The molecular formula is C10H13FN4O. The highest BCUT2D eigenvalue weighted by molar-refractivity contribution is 5.78. The van der Waals surface area contributed by atoms with Gasteiger partial charge in [0.25, 0.3) is 0 Å². The molecule has 0 bridgehead atoms. The Bertz CT molecular complexity index is 394. The molecule has 0 spiro atoms. The van der Waals surface area contributed by atoms with E-state index in [4.69, 9.17) is 5.73 Å². The number of primary amides is 1. The van der Waals surface area contributed by atoms with Crippen molar-refractivity contribution in [1.82, 2.24) is 9.97 Å². The van der Waals surface area contributed by atoms with E-state index in [0.29, 0.717) is 19.0 Å². The number of amides is 1. The number of nitrogens with two attached hydrogens (primary N) is 1. The molecule has 1 aromatic rings. The third-order valence-electron chi connectivity index (χ3n) is 2.87. The highest BCUT2D eigenvalue weighted by Gasteiger charge is 2.34.